The highest BCUT2D eigenvalue weighted by Crippen LogP contribution is 2.29. The van der Waals surface area contributed by atoms with Crippen molar-refractivity contribution in [2.75, 3.05) is 19.5 Å². The molecule has 7 heteroatoms. The Bertz CT molecular complexity index is 1110. The highest BCUT2D eigenvalue weighted by atomic mass is 35.5. The number of ether oxygens (including phenoxy) is 2. The van der Waals surface area contributed by atoms with Crippen molar-refractivity contribution in [3.63, 3.8) is 0 Å². The molecule has 0 saturated heterocycles. The number of nitrogens with zero attached hydrogens (tertiary/aromatic N) is 1. The van der Waals surface area contributed by atoms with Gasteiger partial charge in [-0.15, -0.1) is 0 Å². The highest BCUT2D eigenvalue weighted by Gasteiger charge is 2.23. The summed E-state index contributed by atoms with van der Waals surface area (Å²) in [5.74, 6) is 1.62. The van der Waals surface area contributed by atoms with Gasteiger partial charge < -0.3 is 20.1 Å². The SMILES string of the molecule is COc1ccc(OC)c(CCC(=O)NC2CCC(Nc3ccnc4cc(Cl)ccc34)CC2)c1. The lowest BCUT2D eigenvalue weighted by Gasteiger charge is -2.30. The van der Waals surface area contributed by atoms with Crippen molar-refractivity contribution in [1.82, 2.24) is 10.3 Å². The predicted molar refractivity (Wildman–Crippen MR) is 132 cm³/mol. The molecule has 174 valence electrons. The van der Waals surface area contributed by atoms with Crippen LogP contribution in [0.2, 0.25) is 5.02 Å². The molecule has 1 fully saturated rings. The van der Waals surface area contributed by atoms with Crippen LogP contribution in [0.5, 0.6) is 11.5 Å². The third-order valence-electron chi connectivity index (χ3n) is 6.27. The molecule has 3 aromatic rings. The van der Waals surface area contributed by atoms with Crippen LogP contribution in [0.3, 0.4) is 0 Å². The van der Waals surface area contributed by atoms with Gasteiger partial charge in [0.05, 0.1) is 19.7 Å². The number of nitrogens with one attached hydrogen (secondary N) is 2. The maximum atomic E-state index is 12.6. The summed E-state index contributed by atoms with van der Waals surface area (Å²) in [5, 5.41) is 8.64. The Balaban J connectivity index is 1.26. The van der Waals surface area contributed by atoms with E-state index in [-0.39, 0.29) is 11.9 Å². The quantitative estimate of drug-likeness (QED) is 0.465. The minimum absolute atomic E-state index is 0.0771. The summed E-state index contributed by atoms with van der Waals surface area (Å²) in [7, 11) is 3.28. The molecule has 33 heavy (non-hydrogen) atoms. The molecule has 0 atom stereocenters. The number of hydrogen-bond donors (Lipinski definition) is 2. The van der Waals surface area contributed by atoms with Crippen LogP contribution in [-0.4, -0.2) is 37.2 Å². The molecule has 0 bridgehead atoms. The van der Waals surface area contributed by atoms with Crippen molar-refractivity contribution in [3.8, 4) is 11.5 Å². The van der Waals surface area contributed by atoms with Crippen molar-refractivity contribution in [3.05, 3.63) is 59.2 Å². The fourth-order valence-electron chi connectivity index (χ4n) is 4.47. The zero-order chi connectivity index (χ0) is 23.2. The van der Waals surface area contributed by atoms with Gasteiger partial charge in [0.1, 0.15) is 11.5 Å². The second-order valence-electron chi connectivity index (χ2n) is 8.46. The molecular weight excluding hydrogens is 438 g/mol. The first kappa shape index (κ1) is 23.2. The van der Waals surface area contributed by atoms with E-state index >= 15 is 0 Å². The van der Waals surface area contributed by atoms with E-state index in [9.17, 15) is 4.79 Å². The number of carbonyl (C=O) groups is 1. The number of rotatable bonds is 8. The Morgan fingerprint density at radius 3 is 2.58 bits per heavy atom. The smallest absolute Gasteiger partial charge is 0.220 e. The van der Waals surface area contributed by atoms with Gasteiger partial charge >= 0.3 is 0 Å². The minimum atomic E-state index is 0.0771. The lowest BCUT2D eigenvalue weighted by Crippen LogP contribution is -2.40. The fourth-order valence-corrected chi connectivity index (χ4v) is 4.64. The Hall–Kier alpha value is -2.99. The number of methoxy groups -OCH3 is 2. The number of amides is 1. The molecule has 1 amide bonds. The number of carbonyl (C=O) groups excluding carboxylic acids is 1. The largest absolute Gasteiger partial charge is 0.497 e. The first-order valence-corrected chi connectivity index (χ1v) is 11.7. The number of halogens is 1. The number of aryl methyl sites for hydroxylation is 1. The minimum Gasteiger partial charge on any atom is -0.497 e. The van der Waals surface area contributed by atoms with Crippen molar-refractivity contribution in [1.29, 1.82) is 0 Å². The summed E-state index contributed by atoms with van der Waals surface area (Å²) in [6, 6.07) is 14.1. The Morgan fingerprint density at radius 2 is 1.82 bits per heavy atom. The van der Waals surface area contributed by atoms with Gasteiger partial charge in [-0.3, -0.25) is 9.78 Å². The van der Waals surface area contributed by atoms with E-state index in [1.54, 1.807) is 14.2 Å². The van der Waals surface area contributed by atoms with Crippen molar-refractivity contribution < 1.29 is 14.3 Å². The first-order chi connectivity index (χ1) is 16.1. The second kappa shape index (κ2) is 10.8. The van der Waals surface area contributed by atoms with Gasteiger partial charge in [0, 0.05) is 40.8 Å². The number of hydrogen-bond acceptors (Lipinski definition) is 5. The van der Waals surface area contributed by atoms with Crippen LogP contribution in [0.1, 0.15) is 37.7 Å². The molecular formula is C26H30ClN3O3. The standard InChI is InChI=1S/C26H30ClN3O3/c1-32-21-9-11-25(33-2)17(15-21)3-12-26(31)30-20-7-5-19(6-8-20)29-23-13-14-28-24-16-18(27)4-10-22(23)24/h4,9-11,13-16,19-20H,3,5-8,12H2,1-2H3,(H,28,29)(H,30,31). The van der Waals surface area contributed by atoms with Crippen LogP contribution in [0.25, 0.3) is 10.9 Å². The van der Waals surface area contributed by atoms with Gasteiger partial charge in [0.25, 0.3) is 0 Å². The molecule has 2 aromatic carbocycles. The lowest BCUT2D eigenvalue weighted by atomic mass is 9.90. The Morgan fingerprint density at radius 1 is 1.03 bits per heavy atom. The molecule has 2 N–H and O–H groups in total. The van der Waals surface area contributed by atoms with Gasteiger partial charge in [-0.05, 0) is 80.1 Å². The van der Waals surface area contributed by atoms with Crippen LogP contribution in [0.15, 0.2) is 48.7 Å². The van der Waals surface area contributed by atoms with Crippen molar-refractivity contribution >= 4 is 34.1 Å². The number of anilines is 1. The molecule has 6 nitrogen and oxygen atoms in total. The fraction of sp³-hybridized carbons (Fsp3) is 0.385. The number of pyridine rings is 1. The van der Waals surface area contributed by atoms with Gasteiger partial charge in [-0.25, -0.2) is 0 Å². The van der Waals surface area contributed by atoms with Crippen LogP contribution in [0, 0.1) is 0 Å². The van der Waals surface area contributed by atoms with E-state index in [4.69, 9.17) is 21.1 Å². The number of benzene rings is 2. The van der Waals surface area contributed by atoms with Gasteiger partial charge in [-0.1, -0.05) is 11.6 Å². The molecule has 1 saturated carbocycles. The summed E-state index contributed by atoms with van der Waals surface area (Å²) in [4.78, 5) is 17.0. The van der Waals surface area contributed by atoms with E-state index in [2.05, 4.69) is 15.6 Å². The average Bonchev–Trinajstić information content (AvgIpc) is 2.83. The van der Waals surface area contributed by atoms with Crippen molar-refractivity contribution in [2.45, 2.75) is 50.6 Å². The summed E-state index contributed by atoms with van der Waals surface area (Å²) < 4.78 is 10.7. The normalized spacial score (nSPS) is 18.0. The van der Waals surface area contributed by atoms with Crippen LogP contribution >= 0.6 is 11.6 Å². The summed E-state index contributed by atoms with van der Waals surface area (Å²) in [6.07, 6.45) is 6.78. The van der Waals surface area contributed by atoms with Gasteiger partial charge in [0.2, 0.25) is 5.91 Å². The molecule has 0 radical (unpaired) electrons. The Labute approximate surface area is 199 Å². The third kappa shape index (κ3) is 5.88. The topological polar surface area (TPSA) is 72.5 Å². The van der Waals surface area contributed by atoms with Crippen LogP contribution < -0.4 is 20.1 Å². The molecule has 4 rings (SSSR count). The van der Waals surface area contributed by atoms with E-state index in [0.717, 1.165) is 59.3 Å². The van der Waals surface area contributed by atoms with E-state index in [1.165, 1.54) is 0 Å². The molecule has 1 aliphatic carbocycles. The van der Waals surface area contributed by atoms with Crippen LogP contribution in [0.4, 0.5) is 5.69 Å². The summed E-state index contributed by atoms with van der Waals surface area (Å²) in [6.45, 7) is 0. The Kier molecular flexibility index (Phi) is 7.55. The maximum Gasteiger partial charge on any atom is 0.220 e. The van der Waals surface area contributed by atoms with Gasteiger partial charge in [-0.2, -0.15) is 0 Å². The van der Waals surface area contributed by atoms with E-state index in [0.29, 0.717) is 23.9 Å². The van der Waals surface area contributed by atoms with Crippen LogP contribution in [-0.2, 0) is 11.2 Å². The monoisotopic (exact) mass is 467 g/mol. The average molecular weight is 468 g/mol. The molecule has 1 heterocycles. The number of aromatic nitrogens is 1. The second-order valence-corrected chi connectivity index (χ2v) is 8.89. The van der Waals surface area contributed by atoms with Crippen molar-refractivity contribution in [2.24, 2.45) is 0 Å². The molecule has 0 spiro atoms. The van der Waals surface area contributed by atoms with Gasteiger partial charge in [0.15, 0.2) is 0 Å². The summed E-state index contributed by atoms with van der Waals surface area (Å²) in [5.41, 5.74) is 2.95. The molecule has 1 aromatic heterocycles. The zero-order valence-electron chi connectivity index (χ0n) is 19.1. The molecule has 0 aliphatic heterocycles. The summed E-state index contributed by atoms with van der Waals surface area (Å²) >= 11 is 6.10. The molecule has 1 aliphatic rings. The van der Waals surface area contributed by atoms with E-state index < -0.39 is 0 Å². The zero-order valence-corrected chi connectivity index (χ0v) is 19.8. The third-order valence-corrected chi connectivity index (χ3v) is 6.50. The first-order valence-electron chi connectivity index (χ1n) is 11.4. The molecule has 0 unspecified atom stereocenters. The lowest BCUT2D eigenvalue weighted by molar-refractivity contribution is -0.122. The highest BCUT2D eigenvalue weighted by molar-refractivity contribution is 6.31. The number of fused-ring (bicyclic) bond motifs is 1. The maximum absolute atomic E-state index is 12.6. The predicted octanol–water partition coefficient (Wildman–Crippen LogP) is 5.38. The van der Waals surface area contributed by atoms with E-state index in [1.807, 2.05) is 48.7 Å².